The van der Waals surface area contributed by atoms with Crippen LogP contribution in [0.25, 0.3) is 0 Å². The van der Waals surface area contributed by atoms with Crippen molar-refractivity contribution >= 4 is 17.5 Å². The first-order valence-corrected chi connectivity index (χ1v) is 9.52. The summed E-state index contributed by atoms with van der Waals surface area (Å²) >= 11 is 0. The molecule has 7 heteroatoms. The number of ether oxygens (including phenoxy) is 2. The first kappa shape index (κ1) is 19.7. The van der Waals surface area contributed by atoms with Crippen molar-refractivity contribution in [2.24, 2.45) is 0 Å². The lowest BCUT2D eigenvalue weighted by Crippen LogP contribution is -2.43. The van der Waals surface area contributed by atoms with E-state index in [4.69, 9.17) is 9.47 Å². The summed E-state index contributed by atoms with van der Waals surface area (Å²) in [5.74, 6) is 1.14. The molecule has 28 heavy (non-hydrogen) atoms. The third-order valence-corrected chi connectivity index (χ3v) is 4.53. The van der Waals surface area contributed by atoms with Crippen molar-refractivity contribution in [1.82, 2.24) is 9.88 Å². The van der Waals surface area contributed by atoms with Gasteiger partial charge in [0.25, 0.3) is 5.91 Å². The Morgan fingerprint density at radius 2 is 1.89 bits per heavy atom. The predicted octanol–water partition coefficient (Wildman–Crippen LogP) is 2.88. The van der Waals surface area contributed by atoms with E-state index in [1.165, 1.54) is 0 Å². The lowest BCUT2D eigenvalue weighted by atomic mass is 10.1. The number of piperidine rings is 1. The van der Waals surface area contributed by atoms with Crippen LogP contribution in [0.3, 0.4) is 0 Å². The number of likely N-dealkylation sites (tertiary alicyclic amines) is 1. The van der Waals surface area contributed by atoms with Crippen LogP contribution in [0.4, 0.5) is 5.69 Å². The fourth-order valence-corrected chi connectivity index (χ4v) is 2.92. The highest BCUT2D eigenvalue weighted by Gasteiger charge is 2.24. The number of nitrogens with zero attached hydrogens (tertiary/aromatic N) is 2. The van der Waals surface area contributed by atoms with Crippen LogP contribution in [-0.2, 0) is 9.59 Å². The largest absolute Gasteiger partial charge is 0.484 e. The van der Waals surface area contributed by atoms with E-state index >= 15 is 0 Å². The minimum Gasteiger partial charge on any atom is -0.484 e. The third kappa shape index (κ3) is 5.70. The molecular formula is C21H25N3O4. The molecule has 0 aliphatic carbocycles. The van der Waals surface area contributed by atoms with Crippen molar-refractivity contribution in [2.45, 2.75) is 32.3 Å². The van der Waals surface area contributed by atoms with E-state index in [1.54, 1.807) is 30.2 Å². The Kier molecular flexibility index (Phi) is 6.84. The zero-order valence-corrected chi connectivity index (χ0v) is 16.0. The molecule has 2 amide bonds. The summed E-state index contributed by atoms with van der Waals surface area (Å²) in [6.45, 7) is 3.10. The van der Waals surface area contributed by atoms with Crippen LogP contribution in [0.15, 0.2) is 48.7 Å². The van der Waals surface area contributed by atoms with Crippen LogP contribution in [0.2, 0.25) is 0 Å². The van der Waals surface area contributed by atoms with E-state index in [1.807, 2.05) is 30.3 Å². The summed E-state index contributed by atoms with van der Waals surface area (Å²) in [4.78, 5) is 29.7. The van der Waals surface area contributed by atoms with Crippen LogP contribution in [-0.4, -0.2) is 47.5 Å². The molecule has 0 radical (unpaired) electrons. The smallest absolute Gasteiger partial charge is 0.260 e. The Morgan fingerprint density at radius 1 is 1.14 bits per heavy atom. The molecule has 0 spiro atoms. The number of aromatic nitrogens is 1. The molecule has 1 saturated heterocycles. The number of amides is 2. The number of carbonyl (C=O) groups excluding carboxylic acids is 2. The van der Waals surface area contributed by atoms with Gasteiger partial charge in [0.05, 0.1) is 11.9 Å². The average molecular weight is 383 g/mol. The van der Waals surface area contributed by atoms with Gasteiger partial charge < -0.3 is 19.7 Å². The normalized spacial score (nSPS) is 14.4. The zero-order chi connectivity index (χ0) is 19.8. The number of anilines is 1. The van der Waals surface area contributed by atoms with Gasteiger partial charge in [0.1, 0.15) is 11.9 Å². The molecule has 1 fully saturated rings. The van der Waals surface area contributed by atoms with E-state index in [0.29, 0.717) is 36.8 Å². The molecule has 0 saturated carbocycles. The summed E-state index contributed by atoms with van der Waals surface area (Å²) in [6.07, 6.45) is 3.51. The number of hydrogen-bond donors (Lipinski definition) is 1. The van der Waals surface area contributed by atoms with E-state index < -0.39 is 0 Å². The number of benzene rings is 1. The first-order chi connectivity index (χ1) is 13.6. The number of para-hydroxylation sites is 1. The molecule has 7 nitrogen and oxygen atoms in total. The van der Waals surface area contributed by atoms with Crippen LogP contribution in [0.1, 0.15) is 26.2 Å². The van der Waals surface area contributed by atoms with Crippen LogP contribution in [0.5, 0.6) is 11.6 Å². The zero-order valence-electron chi connectivity index (χ0n) is 16.0. The number of hydrogen-bond acceptors (Lipinski definition) is 5. The van der Waals surface area contributed by atoms with E-state index in [2.05, 4.69) is 10.3 Å². The minimum atomic E-state index is -0.0521. The Bertz CT molecular complexity index is 772. The topological polar surface area (TPSA) is 80.8 Å². The number of carbonyl (C=O) groups is 2. The minimum absolute atomic E-state index is 0.0164. The summed E-state index contributed by atoms with van der Waals surface area (Å²) in [7, 11) is 0. The molecule has 1 aromatic carbocycles. The molecule has 2 heterocycles. The van der Waals surface area contributed by atoms with Gasteiger partial charge in [-0.05, 0) is 18.2 Å². The first-order valence-electron chi connectivity index (χ1n) is 9.52. The maximum Gasteiger partial charge on any atom is 0.260 e. The second-order valence-electron chi connectivity index (χ2n) is 6.59. The van der Waals surface area contributed by atoms with Gasteiger partial charge in [-0.2, -0.15) is 0 Å². The average Bonchev–Trinajstić information content (AvgIpc) is 2.74. The Labute approximate surface area is 164 Å². The Hall–Kier alpha value is -3.09. The monoisotopic (exact) mass is 383 g/mol. The van der Waals surface area contributed by atoms with Crippen molar-refractivity contribution in [1.29, 1.82) is 0 Å². The van der Waals surface area contributed by atoms with E-state index in [0.717, 1.165) is 12.8 Å². The van der Waals surface area contributed by atoms with Gasteiger partial charge in [-0.25, -0.2) is 4.98 Å². The molecule has 0 atom stereocenters. The van der Waals surface area contributed by atoms with E-state index in [-0.39, 0.29) is 24.5 Å². The standard InChI is InChI=1S/C21H25N3O4/c1-2-19(25)23-16-8-9-20(22-14-16)28-18-10-12-24(13-11-18)21(26)15-27-17-6-4-3-5-7-17/h3-9,14,18H,2,10-13,15H2,1H3,(H,23,25). The summed E-state index contributed by atoms with van der Waals surface area (Å²) in [5, 5.41) is 2.75. The fourth-order valence-electron chi connectivity index (χ4n) is 2.92. The lowest BCUT2D eigenvalue weighted by Gasteiger charge is -2.31. The molecular weight excluding hydrogens is 358 g/mol. The molecule has 148 valence electrons. The highest BCUT2D eigenvalue weighted by atomic mass is 16.5. The summed E-state index contributed by atoms with van der Waals surface area (Å²) in [5.41, 5.74) is 0.651. The van der Waals surface area contributed by atoms with Gasteiger partial charge in [0, 0.05) is 38.4 Å². The predicted molar refractivity (Wildman–Crippen MR) is 105 cm³/mol. The molecule has 2 aromatic rings. The second-order valence-corrected chi connectivity index (χ2v) is 6.59. The molecule has 0 unspecified atom stereocenters. The van der Waals surface area contributed by atoms with Crippen molar-refractivity contribution in [3.8, 4) is 11.6 Å². The maximum absolute atomic E-state index is 12.3. The van der Waals surface area contributed by atoms with Crippen molar-refractivity contribution in [2.75, 3.05) is 25.0 Å². The van der Waals surface area contributed by atoms with Crippen molar-refractivity contribution in [3.63, 3.8) is 0 Å². The van der Waals surface area contributed by atoms with Crippen molar-refractivity contribution in [3.05, 3.63) is 48.7 Å². The van der Waals surface area contributed by atoms with Crippen molar-refractivity contribution < 1.29 is 19.1 Å². The molecule has 0 bridgehead atoms. The van der Waals surface area contributed by atoms with Gasteiger partial charge in [0.2, 0.25) is 11.8 Å². The van der Waals surface area contributed by atoms with Gasteiger partial charge in [0.15, 0.2) is 6.61 Å². The second kappa shape index (κ2) is 9.73. The SMILES string of the molecule is CCC(=O)Nc1ccc(OC2CCN(C(=O)COc3ccccc3)CC2)nc1. The van der Waals surface area contributed by atoms with Gasteiger partial charge in [-0.3, -0.25) is 9.59 Å². The highest BCUT2D eigenvalue weighted by molar-refractivity contribution is 5.90. The molecule has 1 aliphatic heterocycles. The van der Waals surface area contributed by atoms with Crippen LogP contribution < -0.4 is 14.8 Å². The maximum atomic E-state index is 12.3. The lowest BCUT2D eigenvalue weighted by molar-refractivity contribution is -0.135. The molecule has 1 aromatic heterocycles. The third-order valence-electron chi connectivity index (χ3n) is 4.53. The van der Waals surface area contributed by atoms with Crippen LogP contribution in [0, 0.1) is 0 Å². The van der Waals surface area contributed by atoms with Gasteiger partial charge >= 0.3 is 0 Å². The molecule has 3 rings (SSSR count). The fraction of sp³-hybridized carbons (Fsp3) is 0.381. The Balaban J connectivity index is 1.41. The quantitative estimate of drug-likeness (QED) is 0.795. The summed E-state index contributed by atoms with van der Waals surface area (Å²) in [6, 6.07) is 12.8. The summed E-state index contributed by atoms with van der Waals surface area (Å²) < 4.78 is 11.4. The van der Waals surface area contributed by atoms with Crippen LogP contribution >= 0.6 is 0 Å². The number of rotatable bonds is 7. The van der Waals surface area contributed by atoms with E-state index in [9.17, 15) is 9.59 Å². The molecule has 1 aliphatic rings. The van der Waals surface area contributed by atoms with Gasteiger partial charge in [-0.15, -0.1) is 0 Å². The highest BCUT2D eigenvalue weighted by Crippen LogP contribution is 2.19. The number of pyridine rings is 1. The number of nitrogens with one attached hydrogen (secondary N) is 1. The molecule has 1 N–H and O–H groups in total. The Morgan fingerprint density at radius 3 is 2.54 bits per heavy atom. The van der Waals surface area contributed by atoms with Gasteiger partial charge in [-0.1, -0.05) is 25.1 Å².